The van der Waals surface area contributed by atoms with Crippen LogP contribution >= 0.6 is 11.8 Å². The van der Waals surface area contributed by atoms with Crippen molar-refractivity contribution in [1.82, 2.24) is 20.5 Å². The molecule has 0 radical (unpaired) electrons. The number of aromatic nitrogens is 1. The molecule has 10 nitrogen and oxygen atoms in total. The molecule has 4 heterocycles. The lowest BCUT2D eigenvalue weighted by molar-refractivity contribution is -0.128. The molecule has 6 rings (SSSR count). The van der Waals surface area contributed by atoms with E-state index in [0.29, 0.717) is 48.1 Å². The normalized spacial score (nSPS) is 19.6. The van der Waals surface area contributed by atoms with Gasteiger partial charge in [-0.1, -0.05) is 56.8 Å². The molecule has 0 aliphatic carbocycles. The standard InChI is InChI=1S/C35H36N6O4S/c1-21-18-25(45-24-8-6-5-7-9-24)10-11-26(21)41-27-12-15-37-32-28(27)29(39-34(41)44)30(46-32)31(42)38-23-13-16-40(17-14-23)33(43)22(20-36)19-35(2,3)4/h5-12,15,18-19,23,29-30H,13-14,16-17H2,1-4H3,(H,38,42)(H,39,44)/b22-19+. The summed E-state index contributed by atoms with van der Waals surface area (Å²) in [6.07, 6.45) is 4.53. The maximum atomic E-state index is 13.7. The van der Waals surface area contributed by atoms with E-state index >= 15 is 0 Å². The summed E-state index contributed by atoms with van der Waals surface area (Å²) in [5.74, 6) is 0.936. The number of pyridine rings is 1. The summed E-state index contributed by atoms with van der Waals surface area (Å²) < 4.78 is 5.99. The van der Waals surface area contributed by atoms with E-state index in [1.165, 1.54) is 11.8 Å². The highest BCUT2D eigenvalue weighted by molar-refractivity contribution is 8.01. The Labute approximate surface area is 272 Å². The van der Waals surface area contributed by atoms with Gasteiger partial charge in [0.1, 0.15) is 33.4 Å². The number of allylic oxidation sites excluding steroid dienone is 1. The SMILES string of the molecule is Cc1cc(Oc2ccccc2)ccc1N1C(=O)NC2c3c1ccnc3SC2C(=O)NC1CCN(C(=O)/C(C#N)=C/C(C)(C)C)CC1. The first kappa shape index (κ1) is 31.2. The minimum atomic E-state index is -0.586. The van der Waals surface area contributed by atoms with Crippen molar-refractivity contribution in [3.05, 3.63) is 83.6 Å². The number of aryl methyl sites for hydroxylation is 1. The monoisotopic (exact) mass is 636 g/mol. The predicted molar refractivity (Wildman–Crippen MR) is 176 cm³/mol. The summed E-state index contributed by atoms with van der Waals surface area (Å²) in [5.41, 5.74) is 2.95. The highest BCUT2D eigenvalue weighted by Gasteiger charge is 2.47. The number of thioether (sulfide) groups is 1. The molecule has 3 aliphatic rings. The zero-order valence-electron chi connectivity index (χ0n) is 26.2. The summed E-state index contributed by atoms with van der Waals surface area (Å²) in [6, 6.07) is 18.0. The lowest BCUT2D eigenvalue weighted by atomic mass is 9.93. The van der Waals surface area contributed by atoms with Crippen LogP contribution in [0.25, 0.3) is 0 Å². The van der Waals surface area contributed by atoms with Gasteiger partial charge in [0, 0.05) is 30.9 Å². The molecule has 236 valence electrons. The number of anilines is 2. The van der Waals surface area contributed by atoms with Crippen LogP contribution in [0, 0.1) is 23.7 Å². The van der Waals surface area contributed by atoms with Crippen molar-refractivity contribution in [1.29, 1.82) is 5.26 Å². The van der Waals surface area contributed by atoms with Gasteiger partial charge in [0.25, 0.3) is 5.91 Å². The van der Waals surface area contributed by atoms with Crippen LogP contribution in [0.3, 0.4) is 0 Å². The van der Waals surface area contributed by atoms with Crippen LogP contribution in [0.1, 0.15) is 50.8 Å². The van der Waals surface area contributed by atoms with Crippen LogP contribution in [0.4, 0.5) is 16.2 Å². The van der Waals surface area contributed by atoms with Gasteiger partial charge in [-0.3, -0.25) is 14.5 Å². The van der Waals surface area contributed by atoms with E-state index in [0.717, 1.165) is 16.9 Å². The predicted octanol–water partition coefficient (Wildman–Crippen LogP) is 6.16. The molecule has 1 fully saturated rings. The number of carbonyl (C=O) groups excluding carboxylic acids is 3. The number of nitrogens with one attached hydrogen (secondary N) is 2. The Morgan fingerprint density at radius 3 is 2.50 bits per heavy atom. The van der Waals surface area contributed by atoms with Crippen LogP contribution in [-0.2, 0) is 9.59 Å². The van der Waals surface area contributed by atoms with E-state index in [4.69, 9.17) is 4.74 Å². The number of hydrogen-bond donors (Lipinski definition) is 2. The van der Waals surface area contributed by atoms with Gasteiger partial charge in [0.2, 0.25) is 5.91 Å². The third-order valence-electron chi connectivity index (χ3n) is 8.21. The van der Waals surface area contributed by atoms with E-state index in [2.05, 4.69) is 15.6 Å². The second kappa shape index (κ2) is 12.5. The minimum Gasteiger partial charge on any atom is -0.457 e. The number of benzene rings is 2. The number of piperidine rings is 1. The van der Waals surface area contributed by atoms with Crippen LogP contribution in [0.5, 0.6) is 11.5 Å². The number of likely N-dealkylation sites (tertiary alicyclic amines) is 1. The molecule has 0 saturated carbocycles. The Kier molecular flexibility index (Phi) is 8.49. The molecule has 2 N–H and O–H groups in total. The van der Waals surface area contributed by atoms with Gasteiger partial charge in [-0.25, -0.2) is 9.78 Å². The Balaban J connectivity index is 1.14. The molecular formula is C35H36N6O4S. The topological polar surface area (TPSA) is 128 Å². The number of nitriles is 1. The van der Waals surface area contributed by atoms with E-state index in [-0.39, 0.29) is 34.9 Å². The first-order valence-corrected chi connectivity index (χ1v) is 16.2. The Bertz CT molecular complexity index is 1750. The van der Waals surface area contributed by atoms with Crippen molar-refractivity contribution in [3.8, 4) is 17.6 Å². The largest absolute Gasteiger partial charge is 0.457 e. The molecule has 3 aromatic rings. The van der Waals surface area contributed by atoms with E-state index in [1.807, 2.05) is 88.4 Å². The van der Waals surface area contributed by atoms with Gasteiger partial charge in [-0.15, -0.1) is 0 Å². The minimum absolute atomic E-state index is 0.125. The average Bonchev–Trinajstić information content (AvgIpc) is 3.40. The van der Waals surface area contributed by atoms with Crippen LogP contribution < -0.4 is 20.3 Å². The number of para-hydroxylation sites is 1. The number of ether oxygens (including phenoxy) is 1. The fourth-order valence-corrected chi connectivity index (χ4v) is 7.32. The summed E-state index contributed by atoms with van der Waals surface area (Å²) in [4.78, 5) is 48.1. The summed E-state index contributed by atoms with van der Waals surface area (Å²) in [5, 5.41) is 15.9. The Morgan fingerprint density at radius 2 is 1.83 bits per heavy atom. The molecule has 11 heteroatoms. The van der Waals surface area contributed by atoms with Gasteiger partial charge in [0.15, 0.2) is 0 Å². The molecule has 2 aromatic carbocycles. The van der Waals surface area contributed by atoms with Crippen LogP contribution in [0.2, 0.25) is 0 Å². The van der Waals surface area contributed by atoms with Crippen molar-refractivity contribution >= 4 is 41.0 Å². The smallest absolute Gasteiger partial charge is 0.327 e. The van der Waals surface area contributed by atoms with Gasteiger partial charge in [0.05, 0.1) is 17.4 Å². The zero-order chi connectivity index (χ0) is 32.6. The molecule has 2 atom stereocenters. The summed E-state index contributed by atoms with van der Waals surface area (Å²) >= 11 is 1.35. The summed E-state index contributed by atoms with van der Waals surface area (Å²) in [6.45, 7) is 8.67. The van der Waals surface area contributed by atoms with E-state index in [9.17, 15) is 19.6 Å². The first-order chi connectivity index (χ1) is 22.0. The Morgan fingerprint density at radius 1 is 1.09 bits per heavy atom. The quantitative estimate of drug-likeness (QED) is 0.245. The number of hydrogen-bond acceptors (Lipinski definition) is 7. The average molecular weight is 637 g/mol. The highest BCUT2D eigenvalue weighted by atomic mass is 32.2. The molecular weight excluding hydrogens is 600 g/mol. The van der Waals surface area contributed by atoms with Gasteiger partial charge >= 0.3 is 6.03 Å². The fraction of sp³-hybridized carbons (Fsp3) is 0.343. The van der Waals surface area contributed by atoms with Gasteiger partial charge in [-0.05, 0) is 67.1 Å². The molecule has 1 saturated heterocycles. The van der Waals surface area contributed by atoms with Gasteiger partial charge < -0.3 is 20.3 Å². The highest BCUT2D eigenvalue weighted by Crippen LogP contribution is 2.51. The number of rotatable bonds is 6. The maximum Gasteiger partial charge on any atom is 0.327 e. The maximum absolute atomic E-state index is 13.7. The molecule has 1 aromatic heterocycles. The molecule has 3 aliphatic heterocycles. The number of amides is 4. The van der Waals surface area contributed by atoms with Crippen LogP contribution in [-0.4, -0.2) is 52.1 Å². The lowest BCUT2D eigenvalue weighted by Crippen LogP contribution is -2.52. The van der Waals surface area contributed by atoms with Crippen molar-refractivity contribution < 1.29 is 19.1 Å². The second-order valence-electron chi connectivity index (χ2n) is 12.8. The zero-order valence-corrected chi connectivity index (χ0v) is 27.1. The van der Waals surface area contributed by atoms with Crippen molar-refractivity contribution in [2.45, 2.75) is 62.9 Å². The van der Waals surface area contributed by atoms with E-state index in [1.54, 1.807) is 22.1 Å². The first-order valence-electron chi connectivity index (χ1n) is 15.3. The summed E-state index contributed by atoms with van der Waals surface area (Å²) in [7, 11) is 0. The molecule has 0 bridgehead atoms. The number of carbonyl (C=O) groups is 3. The van der Waals surface area contributed by atoms with E-state index < -0.39 is 11.3 Å². The Hall–Kier alpha value is -4.82. The molecule has 4 amide bonds. The molecule has 0 spiro atoms. The third-order valence-corrected chi connectivity index (χ3v) is 9.50. The molecule has 46 heavy (non-hydrogen) atoms. The van der Waals surface area contributed by atoms with Crippen molar-refractivity contribution in [2.24, 2.45) is 5.41 Å². The second-order valence-corrected chi connectivity index (χ2v) is 14.0. The number of urea groups is 1. The van der Waals surface area contributed by atoms with Gasteiger partial charge in [-0.2, -0.15) is 5.26 Å². The van der Waals surface area contributed by atoms with Crippen molar-refractivity contribution in [3.63, 3.8) is 0 Å². The van der Waals surface area contributed by atoms with Crippen LogP contribution in [0.15, 0.2) is 77.5 Å². The number of nitrogens with zero attached hydrogens (tertiary/aromatic N) is 4. The third kappa shape index (κ3) is 6.30. The molecule has 2 unspecified atom stereocenters. The lowest BCUT2D eigenvalue weighted by Gasteiger charge is -2.36. The van der Waals surface area contributed by atoms with Crippen molar-refractivity contribution in [2.75, 3.05) is 18.0 Å². The fourth-order valence-electron chi connectivity index (χ4n) is 6.09.